The lowest BCUT2D eigenvalue weighted by Crippen LogP contribution is -2.35. The van der Waals surface area contributed by atoms with E-state index in [1.165, 1.54) is 64.7 Å². The number of hydrogen-bond acceptors (Lipinski definition) is 2. The summed E-state index contributed by atoms with van der Waals surface area (Å²) in [5.41, 5.74) is 0. The van der Waals surface area contributed by atoms with Gasteiger partial charge in [0.25, 0.3) is 0 Å². The largest absolute Gasteiger partial charge is 0.315 e. The van der Waals surface area contributed by atoms with Gasteiger partial charge in [-0.2, -0.15) is 0 Å². The fraction of sp³-hybridized carbons (Fsp3) is 1.00. The molecule has 2 saturated carbocycles. The fourth-order valence-electron chi connectivity index (χ4n) is 2.78. The van der Waals surface area contributed by atoms with Crippen molar-refractivity contribution in [2.24, 2.45) is 5.92 Å². The van der Waals surface area contributed by atoms with Crippen LogP contribution in [0.5, 0.6) is 0 Å². The normalized spacial score (nSPS) is 22.8. The summed E-state index contributed by atoms with van der Waals surface area (Å²) >= 11 is 0. The van der Waals surface area contributed by atoms with Crippen LogP contribution in [0.1, 0.15) is 45.4 Å². The second-order valence-electron chi connectivity index (χ2n) is 5.21. The summed E-state index contributed by atoms with van der Waals surface area (Å²) in [6, 6.07) is 0.934. The van der Waals surface area contributed by atoms with Gasteiger partial charge in [0.2, 0.25) is 0 Å². The average Bonchev–Trinajstić information content (AvgIpc) is 2.95. The molecule has 2 rings (SSSR count). The van der Waals surface area contributed by atoms with Crippen LogP contribution in [0, 0.1) is 5.92 Å². The molecule has 0 aromatic heterocycles. The van der Waals surface area contributed by atoms with Crippen molar-refractivity contribution >= 4 is 0 Å². The first-order chi connectivity index (χ1) is 7.40. The molecule has 0 unspecified atom stereocenters. The van der Waals surface area contributed by atoms with E-state index in [1.54, 1.807) is 0 Å². The van der Waals surface area contributed by atoms with E-state index in [9.17, 15) is 0 Å². The highest BCUT2D eigenvalue weighted by Gasteiger charge is 2.27. The molecule has 0 aromatic carbocycles. The van der Waals surface area contributed by atoms with Crippen molar-refractivity contribution in [2.75, 3.05) is 26.2 Å². The summed E-state index contributed by atoms with van der Waals surface area (Å²) in [6.07, 6.45) is 8.75. The minimum atomic E-state index is 0.934. The summed E-state index contributed by atoms with van der Waals surface area (Å²) in [5, 5.41) is 3.63. The third-order valence-corrected chi connectivity index (χ3v) is 3.95. The number of nitrogens with zero attached hydrogens (tertiary/aromatic N) is 1. The maximum atomic E-state index is 3.63. The third kappa shape index (κ3) is 3.76. The SMILES string of the molecule is CCN(CCNCC1CCCC1)C1CC1. The summed E-state index contributed by atoms with van der Waals surface area (Å²) in [4.78, 5) is 2.63. The van der Waals surface area contributed by atoms with Crippen molar-refractivity contribution in [3.05, 3.63) is 0 Å². The average molecular weight is 210 g/mol. The second kappa shape index (κ2) is 5.86. The zero-order chi connectivity index (χ0) is 10.5. The van der Waals surface area contributed by atoms with E-state index in [1.807, 2.05) is 0 Å². The van der Waals surface area contributed by atoms with Crippen LogP contribution in [0.3, 0.4) is 0 Å². The van der Waals surface area contributed by atoms with Gasteiger partial charge in [0.1, 0.15) is 0 Å². The number of nitrogens with one attached hydrogen (secondary N) is 1. The Balaban J connectivity index is 1.49. The maximum Gasteiger partial charge on any atom is 0.0110 e. The molecule has 2 heteroatoms. The van der Waals surface area contributed by atoms with Gasteiger partial charge >= 0.3 is 0 Å². The van der Waals surface area contributed by atoms with Gasteiger partial charge in [-0.05, 0) is 44.7 Å². The van der Waals surface area contributed by atoms with E-state index in [2.05, 4.69) is 17.1 Å². The lowest BCUT2D eigenvalue weighted by atomic mass is 10.1. The Kier molecular flexibility index (Phi) is 4.45. The zero-order valence-corrected chi connectivity index (χ0v) is 10.2. The fourth-order valence-corrected chi connectivity index (χ4v) is 2.78. The standard InChI is InChI=1S/C13H26N2/c1-2-15(13-7-8-13)10-9-14-11-12-5-3-4-6-12/h12-14H,2-11H2,1H3. The van der Waals surface area contributed by atoms with Crippen LogP contribution in [-0.2, 0) is 0 Å². The number of hydrogen-bond donors (Lipinski definition) is 1. The number of rotatable bonds is 7. The Hall–Kier alpha value is -0.0800. The molecule has 0 bridgehead atoms. The van der Waals surface area contributed by atoms with E-state index in [4.69, 9.17) is 0 Å². The zero-order valence-electron chi connectivity index (χ0n) is 10.2. The van der Waals surface area contributed by atoms with Crippen molar-refractivity contribution in [2.45, 2.75) is 51.5 Å². The lowest BCUT2D eigenvalue weighted by molar-refractivity contribution is 0.274. The van der Waals surface area contributed by atoms with Gasteiger partial charge < -0.3 is 5.32 Å². The molecule has 0 atom stereocenters. The third-order valence-electron chi connectivity index (χ3n) is 3.95. The van der Waals surface area contributed by atoms with Crippen molar-refractivity contribution in [3.8, 4) is 0 Å². The first-order valence-electron chi connectivity index (χ1n) is 6.85. The molecule has 2 nitrogen and oxygen atoms in total. The highest BCUT2D eigenvalue weighted by atomic mass is 15.2. The minimum Gasteiger partial charge on any atom is -0.315 e. The maximum absolute atomic E-state index is 3.63. The Labute approximate surface area is 94.4 Å². The predicted octanol–water partition coefficient (Wildman–Crippen LogP) is 2.25. The van der Waals surface area contributed by atoms with Gasteiger partial charge in [-0.15, -0.1) is 0 Å². The van der Waals surface area contributed by atoms with E-state index < -0.39 is 0 Å². The molecule has 1 N–H and O–H groups in total. The van der Waals surface area contributed by atoms with Crippen LogP contribution in [0.25, 0.3) is 0 Å². The molecule has 2 aliphatic rings. The Morgan fingerprint density at radius 1 is 1.13 bits per heavy atom. The van der Waals surface area contributed by atoms with Crippen LogP contribution in [-0.4, -0.2) is 37.1 Å². The summed E-state index contributed by atoms with van der Waals surface area (Å²) in [5.74, 6) is 0.987. The predicted molar refractivity (Wildman–Crippen MR) is 65.1 cm³/mol. The van der Waals surface area contributed by atoms with Crippen molar-refractivity contribution in [1.29, 1.82) is 0 Å². The Morgan fingerprint density at radius 3 is 2.47 bits per heavy atom. The van der Waals surface area contributed by atoms with E-state index in [0.29, 0.717) is 0 Å². The first kappa shape index (κ1) is 11.4. The molecule has 0 saturated heterocycles. The van der Waals surface area contributed by atoms with Gasteiger partial charge in [0.15, 0.2) is 0 Å². The van der Waals surface area contributed by atoms with Crippen molar-refractivity contribution in [3.63, 3.8) is 0 Å². The highest BCUT2D eigenvalue weighted by Crippen LogP contribution is 2.26. The summed E-state index contributed by atoms with van der Waals surface area (Å²) < 4.78 is 0. The molecular weight excluding hydrogens is 184 g/mol. The highest BCUT2D eigenvalue weighted by molar-refractivity contribution is 4.84. The van der Waals surface area contributed by atoms with Crippen LogP contribution in [0.2, 0.25) is 0 Å². The van der Waals surface area contributed by atoms with Crippen molar-refractivity contribution < 1.29 is 0 Å². The number of likely N-dealkylation sites (N-methyl/N-ethyl adjacent to an activating group) is 1. The molecule has 0 heterocycles. The van der Waals surface area contributed by atoms with E-state index in [-0.39, 0.29) is 0 Å². The van der Waals surface area contributed by atoms with Crippen LogP contribution in [0.4, 0.5) is 0 Å². The van der Waals surface area contributed by atoms with Gasteiger partial charge in [-0.3, -0.25) is 4.90 Å². The molecule has 2 aliphatic carbocycles. The molecule has 0 aliphatic heterocycles. The van der Waals surface area contributed by atoms with Crippen molar-refractivity contribution in [1.82, 2.24) is 10.2 Å². The lowest BCUT2D eigenvalue weighted by Gasteiger charge is -2.20. The molecule has 2 fully saturated rings. The molecule has 0 aromatic rings. The minimum absolute atomic E-state index is 0.934. The molecule has 88 valence electrons. The molecule has 0 radical (unpaired) electrons. The molecular formula is C13H26N2. The summed E-state index contributed by atoms with van der Waals surface area (Å²) in [7, 11) is 0. The Morgan fingerprint density at radius 2 is 1.87 bits per heavy atom. The molecule has 0 amide bonds. The van der Waals surface area contributed by atoms with E-state index in [0.717, 1.165) is 12.0 Å². The quantitative estimate of drug-likeness (QED) is 0.648. The van der Waals surface area contributed by atoms with Gasteiger partial charge in [0.05, 0.1) is 0 Å². The van der Waals surface area contributed by atoms with E-state index >= 15 is 0 Å². The smallest absolute Gasteiger partial charge is 0.0110 e. The first-order valence-corrected chi connectivity index (χ1v) is 6.85. The molecule has 0 spiro atoms. The van der Waals surface area contributed by atoms with Gasteiger partial charge in [-0.1, -0.05) is 19.8 Å². The monoisotopic (exact) mass is 210 g/mol. The van der Waals surface area contributed by atoms with Crippen LogP contribution < -0.4 is 5.32 Å². The topological polar surface area (TPSA) is 15.3 Å². The van der Waals surface area contributed by atoms with Gasteiger partial charge in [0, 0.05) is 19.1 Å². The molecule has 15 heavy (non-hydrogen) atoms. The second-order valence-corrected chi connectivity index (χ2v) is 5.21. The van der Waals surface area contributed by atoms with Crippen LogP contribution >= 0.6 is 0 Å². The van der Waals surface area contributed by atoms with Crippen LogP contribution in [0.15, 0.2) is 0 Å². The Bertz CT molecular complexity index is 171. The summed E-state index contributed by atoms with van der Waals surface area (Å²) in [6.45, 7) is 7.24. The van der Waals surface area contributed by atoms with Gasteiger partial charge in [-0.25, -0.2) is 0 Å².